The lowest BCUT2D eigenvalue weighted by atomic mass is 10.1. The van der Waals surface area contributed by atoms with E-state index in [2.05, 4.69) is 5.32 Å². The molecule has 0 aliphatic heterocycles. The van der Waals surface area contributed by atoms with Gasteiger partial charge in [-0.2, -0.15) is 13.2 Å². The van der Waals surface area contributed by atoms with Crippen molar-refractivity contribution >= 4 is 15.9 Å². The lowest BCUT2D eigenvalue weighted by molar-refractivity contribution is -0.137. The third-order valence-corrected chi connectivity index (χ3v) is 5.41. The Bertz CT molecular complexity index is 900. The highest BCUT2D eigenvalue weighted by Crippen LogP contribution is 2.30. The Morgan fingerprint density at radius 1 is 1.07 bits per heavy atom. The lowest BCUT2D eigenvalue weighted by Gasteiger charge is -2.15. The minimum absolute atomic E-state index is 0.189. The van der Waals surface area contributed by atoms with Crippen molar-refractivity contribution in [3.8, 4) is 0 Å². The number of halogens is 3. The average Bonchev–Trinajstić information content (AvgIpc) is 2.65. The van der Waals surface area contributed by atoms with Crippen LogP contribution >= 0.6 is 0 Å². The fourth-order valence-corrected chi connectivity index (χ4v) is 3.54. The van der Waals surface area contributed by atoms with Crippen molar-refractivity contribution in [1.82, 2.24) is 10.0 Å². The molecule has 0 aliphatic carbocycles. The Hall–Kier alpha value is -2.39. The topological polar surface area (TPSA) is 75.3 Å². The van der Waals surface area contributed by atoms with E-state index in [1.165, 1.54) is 0 Å². The summed E-state index contributed by atoms with van der Waals surface area (Å²) >= 11 is 0. The number of sulfonamides is 1. The summed E-state index contributed by atoms with van der Waals surface area (Å²) in [6, 6.07) is 12.8. The molecule has 0 heterocycles. The molecule has 9 heteroatoms. The highest BCUT2D eigenvalue weighted by molar-refractivity contribution is 7.89. The van der Waals surface area contributed by atoms with Gasteiger partial charge in [0.1, 0.15) is 0 Å². The molecule has 2 N–H and O–H groups in total. The van der Waals surface area contributed by atoms with Gasteiger partial charge in [0.25, 0.3) is 0 Å². The molecule has 2 aromatic rings. The van der Waals surface area contributed by atoms with E-state index in [0.29, 0.717) is 12.5 Å². The van der Waals surface area contributed by atoms with E-state index in [9.17, 15) is 26.4 Å². The van der Waals surface area contributed by atoms with Gasteiger partial charge >= 0.3 is 6.18 Å². The highest BCUT2D eigenvalue weighted by Gasteiger charge is 2.31. The van der Waals surface area contributed by atoms with Crippen LogP contribution in [-0.2, 0) is 27.4 Å². The first kappa shape index (κ1) is 21.9. The minimum atomic E-state index is -4.66. The molecule has 0 fully saturated rings. The molecule has 0 aliphatic rings. The summed E-state index contributed by atoms with van der Waals surface area (Å²) in [5, 5.41) is 2.66. The molecule has 1 amide bonds. The van der Waals surface area contributed by atoms with Crippen molar-refractivity contribution in [2.75, 3.05) is 6.54 Å². The molecule has 0 bridgehead atoms. The van der Waals surface area contributed by atoms with Crippen molar-refractivity contribution in [2.45, 2.75) is 36.9 Å². The molecule has 2 aromatic carbocycles. The van der Waals surface area contributed by atoms with Gasteiger partial charge in [0, 0.05) is 6.04 Å². The summed E-state index contributed by atoms with van der Waals surface area (Å²) in [4.78, 5) is 11.4. The first-order chi connectivity index (χ1) is 13.1. The Balaban J connectivity index is 1.87. The van der Waals surface area contributed by atoms with Crippen molar-refractivity contribution in [3.05, 3.63) is 65.7 Å². The predicted molar refractivity (Wildman–Crippen MR) is 99.0 cm³/mol. The molecule has 0 saturated heterocycles. The number of carbonyl (C=O) groups excluding carboxylic acids is 1. The number of aryl methyl sites for hydroxylation is 1. The van der Waals surface area contributed by atoms with Crippen LogP contribution in [-0.4, -0.2) is 26.9 Å². The van der Waals surface area contributed by atoms with Crippen LogP contribution in [0, 0.1) is 0 Å². The quantitative estimate of drug-likeness (QED) is 0.697. The summed E-state index contributed by atoms with van der Waals surface area (Å²) in [6.45, 7) is 1.23. The molecule has 5 nitrogen and oxygen atoms in total. The Kier molecular flexibility index (Phi) is 7.20. The third kappa shape index (κ3) is 6.65. The van der Waals surface area contributed by atoms with Crippen LogP contribution in [0.25, 0.3) is 0 Å². The summed E-state index contributed by atoms with van der Waals surface area (Å²) in [5.74, 6) is -0.559. The SMILES string of the molecule is CC(CCc1ccccc1)NC(=O)CNS(=O)(=O)c1cccc(C(F)(F)F)c1. The van der Waals surface area contributed by atoms with Gasteiger partial charge in [-0.15, -0.1) is 0 Å². The van der Waals surface area contributed by atoms with Crippen molar-refractivity contribution in [3.63, 3.8) is 0 Å². The molecule has 1 atom stereocenters. The number of hydrogen-bond acceptors (Lipinski definition) is 3. The van der Waals surface area contributed by atoms with Crippen molar-refractivity contribution in [2.24, 2.45) is 0 Å². The number of rotatable bonds is 8. The normalized spacial score (nSPS) is 13.1. The second kappa shape index (κ2) is 9.20. The monoisotopic (exact) mass is 414 g/mol. The van der Waals surface area contributed by atoms with Crippen LogP contribution in [0.1, 0.15) is 24.5 Å². The molecule has 0 radical (unpaired) electrons. The van der Waals surface area contributed by atoms with Crippen LogP contribution in [0.4, 0.5) is 13.2 Å². The number of amides is 1. The first-order valence-electron chi connectivity index (χ1n) is 8.58. The van der Waals surface area contributed by atoms with Crippen LogP contribution < -0.4 is 10.0 Å². The van der Waals surface area contributed by atoms with Gasteiger partial charge in [0.2, 0.25) is 15.9 Å². The molecular weight excluding hydrogens is 393 g/mol. The smallest absolute Gasteiger partial charge is 0.353 e. The van der Waals surface area contributed by atoms with E-state index in [0.717, 1.165) is 30.2 Å². The zero-order valence-electron chi connectivity index (χ0n) is 15.2. The van der Waals surface area contributed by atoms with Crippen LogP contribution in [0.5, 0.6) is 0 Å². The van der Waals surface area contributed by atoms with Gasteiger partial charge in [0.05, 0.1) is 17.0 Å². The van der Waals surface area contributed by atoms with Crippen LogP contribution in [0.3, 0.4) is 0 Å². The number of nitrogens with one attached hydrogen (secondary N) is 2. The Morgan fingerprint density at radius 2 is 1.75 bits per heavy atom. The van der Waals surface area contributed by atoms with Gasteiger partial charge in [0.15, 0.2) is 0 Å². The number of carbonyl (C=O) groups is 1. The molecule has 2 rings (SSSR count). The maximum atomic E-state index is 12.7. The molecule has 152 valence electrons. The molecule has 1 unspecified atom stereocenters. The van der Waals surface area contributed by atoms with Crippen molar-refractivity contribution < 1.29 is 26.4 Å². The van der Waals surface area contributed by atoms with E-state index in [-0.39, 0.29) is 6.04 Å². The molecule has 28 heavy (non-hydrogen) atoms. The molecule has 0 saturated carbocycles. The van der Waals surface area contributed by atoms with E-state index in [1.807, 2.05) is 35.1 Å². The fraction of sp³-hybridized carbons (Fsp3) is 0.316. The summed E-state index contributed by atoms with van der Waals surface area (Å²) in [5.41, 5.74) is 0.0446. The summed E-state index contributed by atoms with van der Waals surface area (Å²) in [7, 11) is -4.24. The maximum Gasteiger partial charge on any atom is 0.416 e. The first-order valence-corrected chi connectivity index (χ1v) is 10.1. The van der Waals surface area contributed by atoms with Crippen LogP contribution in [0.2, 0.25) is 0 Å². The zero-order chi connectivity index (χ0) is 20.8. The van der Waals surface area contributed by atoms with E-state index in [4.69, 9.17) is 0 Å². The highest BCUT2D eigenvalue weighted by atomic mass is 32.2. The second-order valence-corrected chi connectivity index (χ2v) is 8.11. The third-order valence-electron chi connectivity index (χ3n) is 4.01. The maximum absolute atomic E-state index is 12.7. The van der Waals surface area contributed by atoms with Gasteiger partial charge in [-0.1, -0.05) is 36.4 Å². The van der Waals surface area contributed by atoms with E-state index >= 15 is 0 Å². The molecule has 0 aromatic heterocycles. The zero-order valence-corrected chi connectivity index (χ0v) is 16.0. The van der Waals surface area contributed by atoms with Crippen molar-refractivity contribution in [1.29, 1.82) is 0 Å². The molecule has 0 spiro atoms. The number of hydrogen-bond donors (Lipinski definition) is 2. The number of alkyl halides is 3. The Morgan fingerprint density at radius 3 is 2.39 bits per heavy atom. The lowest BCUT2D eigenvalue weighted by Crippen LogP contribution is -2.41. The molecular formula is C19H21F3N2O3S. The standard InChI is InChI=1S/C19H21F3N2O3S/c1-14(10-11-15-6-3-2-4-7-15)24-18(25)13-23-28(26,27)17-9-5-8-16(12-17)19(20,21)22/h2-9,12,14,23H,10-11,13H2,1H3,(H,24,25). The van der Waals surface area contributed by atoms with E-state index in [1.54, 1.807) is 6.92 Å². The predicted octanol–water partition coefficient (Wildman–Crippen LogP) is 3.12. The number of benzene rings is 2. The second-order valence-electron chi connectivity index (χ2n) is 6.34. The van der Waals surface area contributed by atoms with Gasteiger partial charge < -0.3 is 5.32 Å². The largest absolute Gasteiger partial charge is 0.416 e. The Labute approximate surface area is 162 Å². The van der Waals surface area contributed by atoms with E-state index < -0.39 is 39.1 Å². The minimum Gasteiger partial charge on any atom is -0.353 e. The summed E-state index contributed by atoms with van der Waals surface area (Å²) < 4.78 is 64.5. The van der Waals surface area contributed by atoms with Gasteiger partial charge in [-0.25, -0.2) is 13.1 Å². The summed E-state index contributed by atoms with van der Waals surface area (Å²) in [6.07, 6.45) is -3.24. The average molecular weight is 414 g/mol. The van der Waals surface area contributed by atoms with Gasteiger partial charge in [-0.3, -0.25) is 4.79 Å². The van der Waals surface area contributed by atoms with Crippen LogP contribution in [0.15, 0.2) is 59.5 Å². The fourth-order valence-electron chi connectivity index (χ4n) is 2.51. The van der Waals surface area contributed by atoms with Gasteiger partial charge in [-0.05, 0) is 43.5 Å².